The minimum absolute atomic E-state index is 0.105. The van der Waals surface area contributed by atoms with Crippen molar-refractivity contribution in [2.75, 3.05) is 0 Å². The van der Waals surface area contributed by atoms with Crippen molar-refractivity contribution < 1.29 is 4.74 Å². The molecular weight excluding hydrogens is 430 g/mol. The molecule has 0 aliphatic rings. The topological polar surface area (TPSA) is 56.5 Å². The number of hydrogen-bond donors (Lipinski definition) is 0. The molecule has 152 valence electrons. The third-order valence-corrected chi connectivity index (χ3v) is 5.47. The van der Waals surface area contributed by atoms with E-state index in [4.69, 9.17) is 9.72 Å². The van der Waals surface area contributed by atoms with Crippen LogP contribution in [-0.4, -0.2) is 22.0 Å². The number of benzene rings is 2. The summed E-state index contributed by atoms with van der Waals surface area (Å²) in [5, 5.41) is 5.05. The van der Waals surface area contributed by atoms with Gasteiger partial charge in [-0.1, -0.05) is 48.8 Å². The summed E-state index contributed by atoms with van der Waals surface area (Å²) >= 11 is 3.43. The fourth-order valence-corrected chi connectivity index (χ4v) is 3.25. The Hall–Kier alpha value is -2.47. The first-order valence-electron chi connectivity index (χ1n) is 9.96. The SMILES string of the molecule is CC[C@H](C)Oc1cccc(C=Nn2c([C@@H](C)CC)nc3ccc(Br)cc3c2=O)c1. The van der Waals surface area contributed by atoms with E-state index in [9.17, 15) is 4.79 Å². The zero-order chi connectivity index (χ0) is 21.0. The van der Waals surface area contributed by atoms with Gasteiger partial charge in [0, 0.05) is 10.4 Å². The van der Waals surface area contributed by atoms with E-state index in [-0.39, 0.29) is 17.6 Å². The lowest BCUT2D eigenvalue weighted by Gasteiger charge is -2.14. The van der Waals surface area contributed by atoms with Crippen LogP contribution in [0.2, 0.25) is 0 Å². The molecule has 0 saturated heterocycles. The van der Waals surface area contributed by atoms with Crippen molar-refractivity contribution in [3.8, 4) is 5.75 Å². The Morgan fingerprint density at radius 3 is 2.69 bits per heavy atom. The Bertz CT molecular complexity index is 1090. The van der Waals surface area contributed by atoms with Gasteiger partial charge in [0.05, 0.1) is 23.2 Å². The lowest BCUT2D eigenvalue weighted by atomic mass is 10.1. The second-order valence-corrected chi connectivity index (χ2v) is 8.13. The maximum atomic E-state index is 13.2. The molecule has 0 bridgehead atoms. The van der Waals surface area contributed by atoms with Crippen LogP contribution >= 0.6 is 15.9 Å². The van der Waals surface area contributed by atoms with Gasteiger partial charge in [-0.25, -0.2) is 4.98 Å². The quantitative estimate of drug-likeness (QED) is 0.427. The van der Waals surface area contributed by atoms with E-state index in [0.29, 0.717) is 16.7 Å². The summed E-state index contributed by atoms with van der Waals surface area (Å²) in [6.45, 7) is 8.26. The van der Waals surface area contributed by atoms with Crippen LogP contribution < -0.4 is 10.3 Å². The number of nitrogens with zero attached hydrogens (tertiary/aromatic N) is 3. The van der Waals surface area contributed by atoms with Gasteiger partial charge in [0.2, 0.25) is 0 Å². The zero-order valence-corrected chi connectivity index (χ0v) is 18.8. The van der Waals surface area contributed by atoms with Crippen LogP contribution in [0.3, 0.4) is 0 Å². The Labute approximate surface area is 179 Å². The molecule has 0 amide bonds. The molecule has 2 aromatic carbocycles. The maximum absolute atomic E-state index is 13.2. The van der Waals surface area contributed by atoms with Gasteiger partial charge >= 0.3 is 0 Å². The molecule has 0 N–H and O–H groups in total. The minimum atomic E-state index is -0.171. The standard InChI is InChI=1S/C23H26BrN3O2/c1-5-15(3)22-26-21-11-10-18(24)13-20(21)23(28)27(22)25-14-17-8-7-9-19(12-17)29-16(4)6-2/h7-16H,5-6H2,1-4H3/t15-,16-/m0/s1. The second-order valence-electron chi connectivity index (χ2n) is 7.21. The molecule has 1 heterocycles. The van der Waals surface area contributed by atoms with E-state index < -0.39 is 0 Å². The first kappa shape index (κ1) is 21.2. The van der Waals surface area contributed by atoms with E-state index in [2.05, 4.69) is 41.8 Å². The lowest BCUT2D eigenvalue weighted by molar-refractivity contribution is 0.217. The van der Waals surface area contributed by atoms with Gasteiger partial charge in [0.1, 0.15) is 11.6 Å². The third-order valence-electron chi connectivity index (χ3n) is 4.98. The molecule has 0 saturated carbocycles. The third kappa shape index (κ3) is 4.93. The number of rotatable bonds is 7. The molecule has 0 fully saturated rings. The first-order valence-corrected chi connectivity index (χ1v) is 10.8. The molecule has 0 aliphatic carbocycles. The number of hydrogen-bond acceptors (Lipinski definition) is 4. The van der Waals surface area contributed by atoms with Crippen LogP contribution in [0.4, 0.5) is 0 Å². The number of ether oxygens (including phenoxy) is 1. The van der Waals surface area contributed by atoms with Crippen LogP contribution in [-0.2, 0) is 0 Å². The molecule has 3 aromatic rings. The molecule has 3 rings (SSSR count). The highest BCUT2D eigenvalue weighted by atomic mass is 79.9. The Kier molecular flexibility index (Phi) is 6.85. The fourth-order valence-electron chi connectivity index (χ4n) is 2.89. The second kappa shape index (κ2) is 9.35. The average Bonchev–Trinajstić information content (AvgIpc) is 2.73. The summed E-state index contributed by atoms with van der Waals surface area (Å²) < 4.78 is 8.14. The van der Waals surface area contributed by atoms with E-state index in [0.717, 1.165) is 28.6 Å². The van der Waals surface area contributed by atoms with Crippen molar-refractivity contribution in [1.29, 1.82) is 0 Å². The normalized spacial score (nSPS) is 13.7. The summed E-state index contributed by atoms with van der Waals surface area (Å²) in [6.07, 6.45) is 3.62. The van der Waals surface area contributed by atoms with Crippen LogP contribution in [0.25, 0.3) is 10.9 Å². The van der Waals surface area contributed by atoms with Crippen molar-refractivity contribution in [3.05, 3.63) is 68.7 Å². The van der Waals surface area contributed by atoms with E-state index in [1.54, 1.807) is 12.3 Å². The van der Waals surface area contributed by atoms with Crippen molar-refractivity contribution >= 4 is 33.0 Å². The molecule has 6 heteroatoms. The number of halogens is 1. The first-order chi connectivity index (χ1) is 13.9. The van der Waals surface area contributed by atoms with Crippen molar-refractivity contribution in [3.63, 3.8) is 0 Å². The van der Waals surface area contributed by atoms with Crippen molar-refractivity contribution in [2.45, 2.75) is 52.6 Å². The Morgan fingerprint density at radius 1 is 1.17 bits per heavy atom. The van der Waals surface area contributed by atoms with E-state index >= 15 is 0 Å². The van der Waals surface area contributed by atoms with Crippen molar-refractivity contribution in [1.82, 2.24) is 9.66 Å². The molecule has 5 nitrogen and oxygen atoms in total. The molecule has 0 radical (unpaired) electrons. The van der Waals surface area contributed by atoms with E-state index in [1.807, 2.05) is 43.3 Å². The molecule has 0 aliphatic heterocycles. The summed E-state index contributed by atoms with van der Waals surface area (Å²) in [6, 6.07) is 13.3. The van der Waals surface area contributed by atoms with Crippen molar-refractivity contribution in [2.24, 2.45) is 5.10 Å². The Balaban J connectivity index is 2.05. The highest BCUT2D eigenvalue weighted by molar-refractivity contribution is 9.10. The molecule has 0 unspecified atom stereocenters. The summed E-state index contributed by atoms with van der Waals surface area (Å²) in [7, 11) is 0. The number of aromatic nitrogens is 2. The van der Waals surface area contributed by atoms with E-state index in [1.165, 1.54) is 4.68 Å². The van der Waals surface area contributed by atoms with Gasteiger partial charge in [0.15, 0.2) is 0 Å². The fraction of sp³-hybridized carbons (Fsp3) is 0.348. The summed E-state index contributed by atoms with van der Waals surface area (Å²) in [4.78, 5) is 17.9. The highest BCUT2D eigenvalue weighted by Gasteiger charge is 2.15. The molecule has 29 heavy (non-hydrogen) atoms. The van der Waals surface area contributed by atoms with Gasteiger partial charge < -0.3 is 4.74 Å². The van der Waals surface area contributed by atoms with Gasteiger partial charge in [-0.15, -0.1) is 0 Å². The van der Waals surface area contributed by atoms with Gasteiger partial charge in [-0.2, -0.15) is 9.78 Å². The number of fused-ring (bicyclic) bond motifs is 1. The smallest absolute Gasteiger partial charge is 0.282 e. The van der Waals surface area contributed by atoms with Crippen LogP contribution in [0.1, 0.15) is 57.8 Å². The predicted octanol–water partition coefficient (Wildman–Crippen LogP) is 5.73. The zero-order valence-electron chi connectivity index (χ0n) is 17.2. The van der Waals surface area contributed by atoms with Crippen LogP contribution in [0.5, 0.6) is 5.75 Å². The summed E-state index contributed by atoms with van der Waals surface area (Å²) in [5.74, 6) is 1.56. The van der Waals surface area contributed by atoms with Crippen LogP contribution in [0, 0.1) is 0 Å². The molecule has 1 aromatic heterocycles. The largest absolute Gasteiger partial charge is 0.491 e. The van der Waals surface area contributed by atoms with Crippen LogP contribution in [0.15, 0.2) is 56.8 Å². The van der Waals surface area contributed by atoms with Gasteiger partial charge in [-0.3, -0.25) is 4.79 Å². The van der Waals surface area contributed by atoms with Gasteiger partial charge in [-0.05, 0) is 55.7 Å². The Morgan fingerprint density at radius 2 is 1.97 bits per heavy atom. The molecule has 0 spiro atoms. The lowest BCUT2D eigenvalue weighted by Crippen LogP contribution is -2.23. The minimum Gasteiger partial charge on any atom is -0.491 e. The van der Waals surface area contributed by atoms with Gasteiger partial charge in [0.25, 0.3) is 5.56 Å². The maximum Gasteiger partial charge on any atom is 0.282 e. The molecule has 2 atom stereocenters. The predicted molar refractivity (Wildman–Crippen MR) is 122 cm³/mol. The highest BCUT2D eigenvalue weighted by Crippen LogP contribution is 2.21. The summed E-state index contributed by atoms with van der Waals surface area (Å²) in [5.41, 5.74) is 1.38. The molecular formula is C23H26BrN3O2. The monoisotopic (exact) mass is 455 g/mol. The average molecular weight is 456 g/mol.